The fraction of sp³-hybridized carbons (Fsp3) is 0.833. The molecule has 0 amide bonds. The van der Waals surface area contributed by atoms with Crippen molar-refractivity contribution < 1.29 is 5.11 Å². The molecule has 0 aromatic heterocycles. The second kappa shape index (κ2) is 5.43. The molecule has 1 atom stereocenters. The van der Waals surface area contributed by atoms with Gasteiger partial charge in [0.2, 0.25) is 0 Å². The van der Waals surface area contributed by atoms with Crippen LogP contribution in [0.4, 0.5) is 0 Å². The standard InChI is InChI=1S/C12H22O/c1-2-3-4-6-9-12(13)10-7-5-8-11-12/h7,10,13H,2-6,8-9,11H2,1H3. The number of aliphatic hydroxyl groups is 1. The molecule has 1 nitrogen and oxygen atoms in total. The van der Waals surface area contributed by atoms with Crippen molar-refractivity contribution in [2.24, 2.45) is 0 Å². The van der Waals surface area contributed by atoms with Crippen LogP contribution in [0.5, 0.6) is 0 Å². The van der Waals surface area contributed by atoms with Crippen molar-refractivity contribution >= 4 is 0 Å². The fourth-order valence-electron chi connectivity index (χ4n) is 1.98. The quantitative estimate of drug-likeness (QED) is 0.510. The van der Waals surface area contributed by atoms with Crippen LogP contribution in [0.15, 0.2) is 12.2 Å². The van der Waals surface area contributed by atoms with Gasteiger partial charge in [0.05, 0.1) is 5.60 Å². The van der Waals surface area contributed by atoms with Gasteiger partial charge in [0, 0.05) is 0 Å². The summed E-state index contributed by atoms with van der Waals surface area (Å²) in [5, 5.41) is 10.1. The highest BCUT2D eigenvalue weighted by molar-refractivity contribution is 5.04. The Kier molecular flexibility index (Phi) is 4.51. The van der Waals surface area contributed by atoms with Gasteiger partial charge in [-0.15, -0.1) is 0 Å². The molecule has 13 heavy (non-hydrogen) atoms. The summed E-state index contributed by atoms with van der Waals surface area (Å²) in [4.78, 5) is 0. The zero-order valence-corrected chi connectivity index (χ0v) is 8.76. The van der Waals surface area contributed by atoms with Crippen molar-refractivity contribution in [1.82, 2.24) is 0 Å². The molecule has 1 N–H and O–H groups in total. The molecule has 0 spiro atoms. The Balaban J connectivity index is 2.18. The highest BCUT2D eigenvalue weighted by Crippen LogP contribution is 2.27. The maximum absolute atomic E-state index is 10.1. The lowest BCUT2D eigenvalue weighted by molar-refractivity contribution is 0.0628. The monoisotopic (exact) mass is 182 g/mol. The number of allylic oxidation sites excluding steroid dienone is 1. The molecule has 76 valence electrons. The van der Waals surface area contributed by atoms with E-state index in [1.165, 1.54) is 25.7 Å². The normalized spacial score (nSPS) is 27.8. The maximum atomic E-state index is 10.1. The van der Waals surface area contributed by atoms with Crippen LogP contribution in [-0.2, 0) is 0 Å². The van der Waals surface area contributed by atoms with Crippen LogP contribution in [0, 0.1) is 0 Å². The molecule has 1 rings (SSSR count). The van der Waals surface area contributed by atoms with E-state index in [-0.39, 0.29) is 0 Å². The lowest BCUT2D eigenvalue weighted by Crippen LogP contribution is -2.27. The van der Waals surface area contributed by atoms with Gasteiger partial charge in [0.25, 0.3) is 0 Å². The average molecular weight is 182 g/mol. The summed E-state index contributed by atoms with van der Waals surface area (Å²) in [6.07, 6.45) is 13.4. The number of hydrogen-bond donors (Lipinski definition) is 1. The molecule has 1 aliphatic rings. The molecule has 1 aliphatic carbocycles. The minimum atomic E-state index is -0.452. The Morgan fingerprint density at radius 1 is 1.31 bits per heavy atom. The third-order valence-electron chi connectivity index (χ3n) is 2.87. The van der Waals surface area contributed by atoms with E-state index in [0.29, 0.717) is 0 Å². The van der Waals surface area contributed by atoms with E-state index in [4.69, 9.17) is 0 Å². The van der Waals surface area contributed by atoms with E-state index in [2.05, 4.69) is 13.0 Å². The van der Waals surface area contributed by atoms with Crippen LogP contribution in [0.2, 0.25) is 0 Å². The van der Waals surface area contributed by atoms with Gasteiger partial charge in [-0.3, -0.25) is 0 Å². The van der Waals surface area contributed by atoms with Crippen LogP contribution >= 0.6 is 0 Å². The molecule has 0 heterocycles. The summed E-state index contributed by atoms with van der Waals surface area (Å²) in [6, 6.07) is 0. The second-order valence-corrected chi connectivity index (χ2v) is 4.21. The smallest absolute Gasteiger partial charge is 0.0827 e. The zero-order chi connectivity index (χ0) is 9.57. The van der Waals surface area contributed by atoms with E-state index >= 15 is 0 Å². The van der Waals surface area contributed by atoms with Crippen LogP contribution in [0.1, 0.15) is 58.3 Å². The van der Waals surface area contributed by atoms with Crippen molar-refractivity contribution in [2.45, 2.75) is 63.9 Å². The molecule has 0 saturated heterocycles. The number of unbranched alkanes of at least 4 members (excludes halogenated alkanes) is 3. The molecule has 0 bridgehead atoms. The van der Waals surface area contributed by atoms with Crippen LogP contribution < -0.4 is 0 Å². The van der Waals surface area contributed by atoms with E-state index < -0.39 is 5.60 Å². The lowest BCUT2D eigenvalue weighted by atomic mass is 9.86. The SMILES string of the molecule is CCCCCCC1(O)C=CCCC1. The summed E-state index contributed by atoms with van der Waals surface area (Å²) in [6.45, 7) is 2.22. The topological polar surface area (TPSA) is 20.2 Å². The first-order valence-electron chi connectivity index (χ1n) is 5.67. The van der Waals surface area contributed by atoms with Crippen LogP contribution in [0.25, 0.3) is 0 Å². The van der Waals surface area contributed by atoms with Crippen molar-refractivity contribution in [1.29, 1.82) is 0 Å². The second-order valence-electron chi connectivity index (χ2n) is 4.21. The molecule has 0 saturated carbocycles. The summed E-state index contributed by atoms with van der Waals surface area (Å²) in [5.74, 6) is 0. The van der Waals surface area contributed by atoms with Crippen LogP contribution in [-0.4, -0.2) is 10.7 Å². The number of rotatable bonds is 5. The summed E-state index contributed by atoms with van der Waals surface area (Å²) in [5.41, 5.74) is -0.452. The third-order valence-corrected chi connectivity index (χ3v) is 2.87. The Morgan fingerprint density at radius 2 is 2.15 bits per heavy atom. The minimum absolute atomic E-state index is 0.452. The van der Waals surface area contributed by atoms with Gasteiger partial charge in [-0.1, -0.05) is 44.8 Å². The first kappa shape index (κ1) is 10.8. The van der Waals surface area contributed by atoms with E-state index in [0.717, 1.165) is 25.7 Å². The first-order chi connectivity index (χ1) is 6.27. The van der Waals surface area contributed by atoms with Gasteiger partial charge in [-0.25, -0.2) is 0 Å². The van der Waals surface area contributed by atoms with Crippen molar-refractivity contribution in [3.63, 3.8) is 0 Å². The average Bonchev–Trinajstić information content (AvgIpc) is 2.14. The van der Waals surface area contributed by atoms with Gasteiger partial charge in [-0.2, -0.15) is 0 Å². The van der Waals surface area contributed by atoms with Crippen molar-refractivity contribution in [3.8, 4) is 0 Å². The van der Waals surface area contributed by atoms with Gasteiger partial charge >= 0.3 is 0 Å². The number of hydrogen-bond acceptors (Lipinski definition) is 1. The molecule has 0 aliphatic heterocycles. The molecular formula is C12H22O. The van der Waals surface area contributed by atoms with Crippen molar-refractivity contribution in [2.75, 3.05) is 0 Å². The Hall–Kier alpha value is -0.300. The maximum Gasteiger partial charge on any atom is 0.0827 e. The molecule has 1 unspecified atom stereocenters. The Bertz CT molecular complexity index is 163. The minimum Gasteiger partial charge on any atom is -0.386 e. The molecule has 0 aromatic carbocycles. The van der Waals surface area contributed by atoms with E-state index in [1.807, 2.05) is 6.08 Å². The fourth-order valence-corrected chi connectivity index (χ4v) is 1.98. The van der Waals surface area contributed by atoms with Crippen molar-refractivity contribution in [3.05, 3.63) is 12.2 Å². The Morgan fingerprint density at radius 3 is 2.77 bits per heavy atom. The lowest BCUT2D eigenvalue weighted by Gasteiger charge is -2.27. The van der Waals surface area contributed by atoms with Gasteiger partial charge < -0.3 is 5.11 Å². The summed E-state index contributed by atoms with van der Waals surface area (Å²) in [7, 11) is 0. The Labute approximate surface area is 81.9 Å². The van der Waals surface area contributed by atoms with E-state index in [1.54, 1.807) is 0 Å². The summed E-state index contributed by atoms with van der Waals surface area (Å²) >= 11 is 0. The molecule has 1 heteroatoms. The molecule has 0 fully saturated rings. The predicted octanol–water partition coefficient (Wildman–Crippen LogP) is 3.43. The summed E-state index contributed by atoms with van der Waals surface area (Å²) < 4.78 is 0. The van der Waals surface area contributed by atoms with Gasteiger partial charge in [0.15, 0.2) is 0 Å². The highest BCUT2D eigenvalue weighted by atomic mass is 16.3. The molecule has 0 aromatic rings. The first-order valence-corrected chi connectivity index (χ1v) is 5.67. The van der Waals surface area contributed by atoms with Crippen LogP contribution in [0.3, 0.4) is 0 Å². The zero-order valence-electron chi connectivity index (χ0n) is 8.76. The largest absolute Gasteiger partial charge is 0.386 e. The molecular weight excluding hydrogens is 160 g/mol. The molecule has 0 radical (unpaired) electrons. The van der Waals surface area contributed by atoms with Gasteiger partial charge in [0.1, 0.15) is 0 Å². The van der Waals surface area contributed by atoms with E-state index in [9.17, 15) is 5.11 Å². The predicted molar refractivity (Wildman–Crippen MR) is 56.7 cm³/mol. The van der Waals surface area contributed by atoms with Gasteiger partial charge in [-0.05, 0) is 25.7 Å². The highest BCUT2D eigenvalue weighted by Gasteiger charge is 2.23. The third kappa shape index (κ3) is 3.95.